The average Bonchev–Trinajstić information content (AvgIpc) is 2.98. The molecule has 0 radical (unpaired) electrons. The van der Waals surface area contributed by atoms with Crippen LogP contribution in [0.4, 0.5) is 5.69 Å². The van der Waals surface area contributed by atoms with Gasteiger partial charge < -0.3 is 14.5 Å². The number of carbonyl (C=O) groups is 1. The number of amides is 1. The summed E-state index contributed by atoms with van der Waals surface area (Å²) in [5, 5.41) is 3.47. The first kappa shape index (κ1) is 18.3. The highest BCUT2D eigenvalue weighted by atomic mass is 35.5. The molecule has 0 atom stereocenters. The predicted octanol–water partition coefficient (Wildman–Crippen LogP) is 4.96. The molecule has 0 aliphatic rings. The lowest BCUT2D eigenvalue weighted by atomic mass is 10.1. The van der Waals surface area contributed by atoms with E-state index >= 15 is 0 Å². The molecule has 1 aromatic carbocycles. The fraction of sp³-hybridized carbons (Fsp3) is 0.300. The molecule has 0 bridgehead atoms. The molecular formula is C20H22ClN3O2. The van der Waals surface area contributed by atoms with Crippen LogP contribution in [0.1, 0.15) is 25.8 Å². The van der Waals surface area contributed by atoms with E-state index in [1.807, 2.05) is 61.8 Å². The summed E-state index contributed by atoms with van der Waals surface area (Å²) in [5.41, 5.74) is 4.29. The molecule has 3 rings (SSSR count). The molecule has 6 heteroatoms. The van der Waals surface area contributed by atoms with Crippen molar-refractivity contribution in [3.05, 3.63) is 47.2 Å². The number of halogens is 1. The number of benzene rings is 1. The highest BCUT2D eigenvalue weighted by Gasteiger charge is 2.12. The van der Waals surface area contributed by atoms with E-state index in [0.717, 1.165) is 28.2 Å². The first-order chi connectivity index (χ1) is 12.4. The first-order valence-electron chi connectivity index (χ1n) is 8.50. The van der Waals surface area contributed by atoms with Crippen molar-refractivity contribution in [3.8, 4) is 17.0 Å². The van der Waals surface area contributed by atoms with E-state index in [4.69, 9.17) is 16.3 Å². The minimum atomic E-state index is 0.00825. The van der Waals surface area contributed by atoms with Crippen LogP contribution in [-0.4, -0.2) is 22.4 Å². The van der Waals surface area contributed by atoms with Crippen LogP contribution in [0.25, 0.3) is 16.9 Å². The Kier molecular flexibility index (Phi) is 5.18. The Bertz CT molecular complexity index is 963. The minimum Gasteiger partial charge on any atom is -0.495 e. The van der Waals surface area contributed by atoms with E-state index in [2.05, 4.69) is 10.3 Å². The Morgan fingerprint density at radius 3 is 2.81 bits per heavy atom. The molecule has 0 spiro atoms. The van der Waals surface area contributed by atoms with Crippen LogP contribution in [0.3, 0.4) is 0 Å². The number of nitrogens with one attached hydrogen (secondary N) is 1. The Hall–Kier alpha value is -2.53. The predicted molar refractivity (Wildman–Crippen MR) is 105 cm³/mol. The second kappa shape index (κ2) is 7.38. The lowest BCUT2D eigenvalue weighted by Crippen LogP contribution is -2.13. The summed E-state index contributed by atoms with van der Waals surface area (Å²) >= 11 is 6.27. The third-order valence-electron chi connectivity index (χ3n) is 4.11. The molecule has 0 fully saturated rings. The lowest BCUT2D eigenvalue weighted by Gasteiger charge is -2.08. The number of rotatable bonds is 5. The molecule has 0 saturated heterocycles. The summed E-state index contributed by atoms with van der Waals surface area (Å²) in [5.74, 6) is 0.972. The molecule has 0 aliphatic heterocycles. The van der Waals surface area contributed by atoms with Gasteiger partial charge in [0.1, 0.15) is 11.4 Å². The van der Waals surface area contributed by atoms with Crippen molar-refractivity contribution >= 4 is 28.8 Å². The molecule has 3 aromatic rings. The summed E-state index contributed by atoms with van der Waals surface area (Å²) in [6.07, 6.45) is 4.33. The van der Waals surface area contributed by atoms with Crippen LogP contribution < -0.4 is 10.1 Å². The van der Waals surface area contributed by atoms with Crippen molar-refractivity contribution in [3.63, 3.8) is 0 Å². The zero-order valence-corrected chi connectivity index (χ0v) is 16.1. The molecule has 2 heterocycles. The van der Waals surface area contributed by atoms with E-state index in [1.54, 1.807) is 7.11 Å². The quantitative estimate of drug-likeness (QED) is 0.689. The summed E-state index contributed by atoms with van der Waals surface area (Å²) < 4.78 is 7.18. The maximum Gasteiger partial charge on any atom is 0.224 e. The molecular weight excluding hydrogens is 350 g/mol. The van der Waals surface area contributed by atoms with Gasteiger partial charge in [0.25, 0.3) is 0 Å². The first-order valence-corrected chi connectivity index (χ1v) is 8.88. The minimum absolute atomic E-state index is 0.00825. The number of anilines is 1. The van der Waals surface area contributed by atoms with Gasteiger partial charge in [-0.15, -0.1) is 0 Å². The number of carbonyl (C=O) groups excluding carboxylic acids is 1. The molecule has 2 aromatic heterocycles. The van der Waals surface area contributed by atoms with Gasteiger partial charge in [0.05, 0.1) is 17.8 Å². The highest BCUT2D eigenvalue weighted by Crippen LogP contribution is 2.33. The van der Waals surface area contributed by atoms with Gasteiger partial charge in [-0.3, -0.25) is 4.79 Å². The SMILES string of the molecule is COc1cc(C)c(-c2cn3ccc(NC(=O)CC(C)C)cc3n2)cc1Cl. The molecule has 0 unspecified atom stereocenters. The molecule has 136 valence electrons. The van der Waals surface area contributed by atoms with Crippen LogP contribution in [0.5, 0.6) is 5.75 Å². The van der Waals surface area contributed by atoms with Gasteiger partial charge in [-0.1, -0.05) is 25.4 Å². The van der Waals surface area contributed by atoms with Crippen LogP contribution in [0, 0.1) is 12.8 Å². The maximum absolute atomic E-state index is 12.0. The van der Waals surface area contributed by atoms with Gasteiger partial charge in [0.2, 0.25) is 5.91 Å². The summed E-state index contributed by atoms with van der Waals surface area (Å²) in [7, 11) is 1.60. The topological polar surface area (TPSA) is 55.6 Å². The summed E-state index contributed by atoms with van der Waals surface area (Å²) in [4.78, 5) is 16.6. The number of nitrogens with zero attached hydrogens (tertiary/aromatic N) is 2. The molecule has 26 heavy (non-hydrogen) atoms. The maximum atomic E-state index is 12.0. The van der Waals surface area contributed by atoms with Crippen molar-refractivity contribution < 1.29 is 9.53 Å². The van der Waals surface area contributed by atoms with Crippen LogP contribution in [0.15, 0.2) is 36.7 Å². The third kappa shape index (κ3) is 3.83. The van der Waals surface area contributed by atoms with Crippen molar-refractivity contribution in [1.29, 1.82) is 0 Å². The van der Waals surface area contributed by atoms with Gasteiger partial charge in [-0.05, 0) is 36.6 Å². The van der Waals surface area contributed by atoms with E-state index in [9.17, 15) is 4.79 Å². The monoisotopic (exact) mass is 371 g/mol. The van der Waals surface area contributed by atoms with Gasteiger partial charge in [-0.25, -0.2) is 4.98 Å². The van der Waals surface area contributed by atoms with Crippen molar-refractivity contribution in [2.24, 2.45) is 5.92 Å². The van der Waals surface area contributed by atoms with Crippen LogP contribution in [-0.2, 0) is 4.79 Å². The van der Waals surface area contributed by atoms with Gasteiger partial charge in [0.15, 0.2) is 0 Å². The molecule has 0 aliphatic carbocycles. The Balaban J connectivity index is 1.93. The Morgan fingerprint density at radius 1 is 1.35 bits per heavy atom. The normalized spacial score (nSPS) is 11.2. The van der Waals surface area contributed by atoms with Crippen molar-refractivity contribution in [2.45, 2.75) is 27.2 Å². The van der Waals surface area contributed by atoms with Crippen molar-refractivity contribution in [2.75, 3.05) is 12.4 Å². The standard InChI is InChI=1S/C20H22ClN3O2/c1-12(2)7-20(25)22-14-5-6-24-11-17(23-19(24)9-14)15-10-16(21)18(26-4)8-13(15)3/h5-6,8-12H,7H2,1-4H3,(H,22,25). The number of pyridine rings is 1. The number of fused-ring (bicyclic) bond motifs is 1. The lowest BCUT2D eigenvalue weighted by molar-refractivity contribution is -0.116. The second-order valence-electron chi connectivity index (χ2n) is 6.75. The van der Waals surface area contributed by atoms with E-state index in [1.165, 1.54) is 0 Å². The van der Waals surface area contributed by atoms with E-state index in [-0.39, 0.29) is 5.91 Å². The zero-order chi connectivity index (χ0) is 18.8. The zero-order valence-electron chi connectivity index (χ0n) is 15.3. The Labute approximate surface area is 158 Å². The van der Waals surface area contributed by atoms with Gasteiger partial charge >= 0.3 is 0 Å². The largest absolute Gasteiger partial charge is 0.495 e. The van der Waals surface area contributed by atoms with Gasteiger partial charge in [-0.2, -0.15) is 0 Å². The number of hydrogen-bond acceptors (Lipinski definition) is 3. The smallest absolute Gasteiger partial charge is 0.224 e. The number of methoxy groups -OCH3 is 1. The highest BCUT2D eigenvalue weighted by molar-refractivity contribution is 6.32. The molecule has 1 amide bonds. The van der Waals surface area contributed by atoms with Crippen LogP contribution in [0.2, 0.25) is 5.02 Å². The van der Waals surface area contributed by atoms with E-state index < -0.39 is 0 Å². The summed E-state index contributed by atoms with van der Waals surface area (Å²) in [6.45, 7) is 6.04. The van der Waals surface area contributed by atoms with Crippen molar-refractivity contribution in [1.82, 2.24) is 9.38 Å². The number of aromatic nitrogens is 2. The number of aryl methyl sites for hydroxylation is 1. The second-order valence-corrected chi connectivity index (χ2v) is 7.16. The fourth-order valence-corrected chi connectivity index (χ4v) is 3.10. The summed E-state index contributed by atoms with van der Waals surface area (Å²) in [6, 6.07) is 7.49. The van der Waals surface area contributed by atoms with E-state index in [0.29, 0.717) is 23.1 Å². The fourth-order valence-electron chi connectivity index (χ4n) is 2.86. The number of hydrogen-bond donors (Lipinski definition) is 1. The molecule has 5 nitrogen and oxygen atoms in total. The third-order valence-corrected chi connectivity index (χ3v) is 4.41. The molecule has 1 N–H and O–H groups in total. The number of imidazole rings is 1. The Morgan fingerprint density at radius 2 is 2.12 bits per heavy atom. The van der Waals surface area contributed by atoms with Gasteiger partial charge in [0, 0.05) is 36.1 Å². The number of ether oxygens (including phenoxy) is 1. The molecule has 0 saturated carbocycles. The van der Waals surface area contributed by atoms with Crippen LogP contribution >= 0.6 is 11.6 Å². The average molecular weight is 372 g/mol.